The molecule has 2 heterocycles. The Bertz CT molecular complexity index is 1310. The van der Waals surface area contributed by atoms with Gasteiger partial charge in [0.1, 0.15) is 6.10 Å². The van der Waals surface area contributed by atoms with Gasteiger partial charge < -0.3 is 29.5 Å². The van der Waals surface area contributed by atoms with Crippen molar-refractivity contribution in [3.05, 3.63) is 36.3 Å². The molecule has 1 fully saturated rings. The lowest BCUT2D eigenvalue weighted by molar-refractivity contribution is 0.0368. The fourth-order valence-electron chi connectivity index (χ4n) is 5.15. The van der Waals surface area contributed by atoms with E-state index in [-0.39, 0.29) is 65.6 Å². The molecule has 0 spiro atoms. The summed E-state index contributed by atoms with van der Waals surface area (Å²) in [6.45, 7) is 3.91. The van der Waals surface area contributed by atoms with E-state index in [4.69, 9.17) is 4.74 Å². The molecule has 1 aromatic heterocycles. The number of nitrogens with zero attached hydrogens (tertiary/aromatic N) is 4. The first-order valence-corrected chi connectivity index (χ1v) is 15.2. The second-order valence-corrected chi connectivity index (χ2v) is 12.6. The molecule has 4 rings (SSSR count). The number of benzene rings is 1. The highest BCUT2D eigenvalue weighted by Gasteiger charge is 2.36. The molecule has 1 aliphatic carbocycles. The van der Waals surface area contributed by atoms with Crippen molar-refractivity contribution in [2.24, 2.45) is 13.0 Å². The number of carbonyl (C=O) groups excluding carboxylic acids is 2. The molecule has 0 saturated heterocycles. The zero-order valence-corrected chi connectivity index (χ0v) is 24.4. The van der Waals surface area contributed by atoms with Gasteiger partial charge >= 0.3 is 6.03 Å². The minimum Gasteiger partial charge on any atom is -0.485 e. The predicted octanol–water partition coefficient (Wildman–Crippen LogP) is 2.42. The number of hydrogen-bond acceptors (Lipinski definition) is 7. The molecular weight excluding hydrogens is 536 g/mol. The number of aromatic nitrogens is 2. The molecule has 1 aliphatic heterocycles. The number of sulfonamides is 1. The highest BCUT2D eigenvalue weighted by molar-refractivity contribution is 7.92. The Labute approximate surface area is 235 Å². The SMILES string of the molecule is C[C@H]1CN([C@@H](C)CO)C(=O)c2cccc(NS(=O)(=O)c3cn(C)cn3)c2O[C@H]1CN(C)C(=O)NC1CCCCC1. The third-order valence-electron chi connectivity index (χ3n) is 7.63. The Hall–Kier alpha value is -3.32. The summed E-state index contributed by atoms with van der Waals surface area (Å²) in [6.07, 6.45) is 7.46. The van der Waals surface area contributed by atoms with Crippen LogP contribution in [0.5, 0.6) is 5.75 Å². The Morgan fingerprint density at radius 1 is 1.27 bits per heavy atom. The first kappa shape index (κ1) is 29.7. The lowest BCUT2D eigenvalue weighted by Crippen LogP contribution is -2.52. The quantitative estimate of drug-likeness (QED) is 0.437. The summed E-state index contributed by atoms with van der Waals surface area (Å²) >= 11 is 0. The van der Waals surface area contributed by atoms with Crippen LogP contribution in [0.15, 0.2) is 35.7 Å². The number of likely N-dealkylation sites (N-methyl/N-ethyl adjacent to an activating group) is 1. The van der Waals surface area contributed by atoms with Crippen molar-refractivity contribution in [2.75, 3.05) is 31.5 Å². The van der Waals surface area contributed by atoms with Crippen molar-refractivity contribution >= 4 is 27.6 Å². The number of aliphatic hydroxyl groups excluding tert-OH is 1. The van der Waals surface area contributed by atoms with Gasteiger partial charge in [0.2, 0.25) is 0 Å². The molecule has 12 nitrogen and oxygen atoms in total. The number of rotatable bonds is 8. The third-order valence-corrected chi connectivity index (χ3v) is 8.88. The number of fused-ring (bicyclic) bond motifs is 1. The fraction of sp³-hybridized carbons (Fsp3) is 0.593. The van der Waals surface area contributed by atoms with Crippen molar-refractivity contribution in [2.45, 2.75) is 69.2 Å². The standard InChI is InChI=1S/C27H40N6O6S/c1-18-13-33(19(2)16-34)26(35)21-11-8-12-22(30-40(37,38)24-15-31(3)17-28-24)25(21)39-23(18)14-32(4)27(36)29-20-9-6-5-7-10-20/h8,11-12,15,17-20,23,30,34H,5-7,9-10,13-14,16H2,1-4H3,(H,29,36)/t18-,19-,23-/m0/s1. The van der Waals surface area contributed by atoms with E-state index in [2.05, 4.69) is 15.0 Å². The molecule has 13 heteroatoms. The summed E-state index contributed by atoms with van der Waals surface area (Å²) in [4.78, 5) is 33.8. The molecule has 3 N–H and O–H groups in total. The minimum atomic E-state index is -4.08. The minimum absolute atomic E-state index is 0.0692. The number of imidazole rings is 1. The van der Waals surface area contributed by atoms with Crippen LogP contribution in [0.1, 0.15) is 56.3 Å². The lowest BCUT2D eigenvalue weighted by Gasteiger charge is -2.38. The largest absolute Gasteiger partial charge is 0.485 e. The molecule has 0 radical (unpaired) electrons. The Kier molecular flexibility index (Phi) is 9.24. The maximum absolute atomic E-state index is 13.7. The van der Waals surface area contributed by atoms with Crippen LogP contribution in [-0.4, -0.2) is 89.7 Å². The van der Waals surface area contributed by atoms with Gasteiger partial charge in [0.25, 0.3) is 15.9 Å². The molecule has 1 saturated carbocycles. The van der Waals surface area contributed by atoms with Crippen LogP contribution in [-0.2, 0) is 17.1 Å². The summed E-state index contributed by atoms with van der Waals surface area (Å²) in [7, 11) is -0.725. The first-order chi connectivity index (χ1) is 19.0. The van der Waals surface area contributed by atoms with Crippen LogP contribution in [0.3, 0.4) is 0 Å². The topological polar surface area (TPSA) is 146 Å². The van der Waals surface area contributed by atoms with Crippen molar-refractivity contribution in [3.63, 3.8) is 0 Å². The number of urea groups is 1. The van der Waals surface area contributed by atoms with Crippen molar-refractivity contribution < 1.29 is 27.9 Å². The highest BCUT2D eigenvalue weighted by atomic mass is 32.2. The maximum Gasteiger partial charge on any atom is 0.317 e. The fourth-order valence-corrected chi connectivity index (χ4v) is 6.20. The monoisotopic (exact) mass is 576 g/mol. The van der Waals surface area contributed by atoms with Gasteiger partial charge in [-0.1, -0.05) is 32.3 Å². The van der Waals surface area contributed by atoms with E-state index in [9.17, 15) is 23.1 Å². The number of amides is 3. The van der Waals surface area contributed by atoms with Crippen molar-refractivity contribution in [3.8, 4) is 5.75 Å². The van der Waals surface area contributed by atoms with Gasteiger partial charge in [-0.05, 0) is 31.9 Å². The van der Waals surface area contributed by atoms with E-state index >= 15 is 0 Å². The van der Waals surface area contributed by atoms with Crippen molar-refractivity contribution in [1.29, 1.82) is 0 Å². The molecular formula is C27H40N6O6S. The number of nitrogens with one attached hydrogen (secondary N) is 2. The number of carbonyl (C=O) groups is 2. The van der Waals surface area contributed by atoms with Crippen LogP contribution in [0, 0.1) is 5.92 Å². The number of hydrogen-bond donors (Lipinski definition) is 3. The van der Waals surface area contributed by atoms with Crippen LogP contribution < -0.4 is 14.8 Å². The zero-order chi connectivity index (χ0) is 29.0. The summed E-state index contributed by atoms with van der Waals surface area (Å²) in [5.41, 5.74) is 0.245. The molecule has 0 bridgehead atoms. The molecule has 220 valence electrons. The van der Waals surface area contributed by atoms with Crippen molar-refractivity contribution in [1.82, 2.24) is 24.7 Å². The number of aryl methyl sites for hydroxylation is 1. The van der Waals surface area contributed by atoms with E-state index in [1.807, 2.05) is 6.92 Å². The summed E-state index contributed by atoms with van der Waals surface area (Å²) < 4.78 is 36.7. The molecule has 3 atom stereocenters. The number of aliphatic hydroxyl groups is 1. The van der Waals surface area contributed by atoms with Gasteiger partial charge in [-0.3, -0.25) is 9.52 Å². The van der Waals surface area contributed by atoms with E-state index in [0.29, 0.717) is 0 Å². The predicted molar refractivity (Wildman–Crippen MR) is 150 cm³/mol. The van der Waals surface area contributed by atoms with E-state index in [1.54, 1.807) is 43.0 Å². The molecule has 40 heavy (non-hydrogen) atoms. The second kappa shape index (κ2) is 12.5. The summed E-state index contributed by atoms with van der Waals surface area (Å²) in [5.74, 6) is -0.569. The van der Waals surface area contributed by atoms with Gasteiger partial charge in [-0.15, -0.1) is 0 Å². The number of ether oxygens (including phenoxy) is 1. The van der Waals surface area contributed by atoms with Crippen LogP contribution in [0.2, 0.25) is 0 Å². The van der Waals surface area contributed by atoms with Gasteiger partial charge in [-0.25, -0.2) is 9.78 Å². The molecule has 2 aliphatic rings. The second-order valence-electron chi connectivity index (χ2n) is 11.0. The maximum atomic E-state index is 13.7. The van der Waals surface area contributed by atoms with E-state index in [1.165, 1.54) is 29.6 Å². The third kappa shape index (κ3) is 6.69. The molecule has 2 aromatic rings. The molecule has 0 unspecified atom stereocenters. The van der Waals surface area contributed by atoms with E-state index < -0.39 is 22.2 Å². The number of para-hydroxylation sites is 1. The Balaban J connectivity index is 1.66. The van der Waals surface area contributed by atoms with Gasteiger partial charge in [-0.2, -0.15) is 8.42 Å². The van der Waals surface area contributed by atoms with Gasteiger partial charge in [0.05, 0.1) is 36.8 Å². The van der Waals surface area contributed by atoms with E-state index in [0.717, 1.165) is 25.7 Å². The van der Waals surface area contributed by atoms with Crippen LogP contribution >= 0.6 is 0 Å². The summed E-state index contributed by atoms with van der Waals surface area (Å²) in [5, 5.41) is 12.8. The molecule has 3 amide bonds. The number of anilines is 1. The molecule has 1 aromatic carbocycles. The normalized spacial score (nSPS) is 21.0. The summed E-state index contributed by atoms with van der Waals surface area (Å²) in [6, 6.07) is 4.12. The average molecular weight is 577 g/mol. The first-order valence-electron chi connectivity index (χ1n) is 13.7. The van der Waals surface area contributed by atoms with Gasteiger partial charge in [0.15, 0.2) is 10.8 Å². The van der Waals surface area contributed by atoms with Gasteiger partial charge in [0, 0.05) is 38.8 Å². The van der Waals surface area contributed by atoms with Crippen LogP contribution in [0.4, 0.5) is 10.5 Å². The average Bonchev–Trinajstić information content (AvgIpc) is 3.38. The Morgan fingerprint density at radius 2 is 2.00 bits per heavy atom. The highest BCUT2D eigenvalue weighted by Crippen LogP contribution is 2.36. The zero-order valence-electron chi connectivity index (χ0n) is 23.5. The Morgan fingerprint density at radius 3 is 2.65 bits per heavy atom. The van der Waals surface area contributed by atoms with Crippen LogP contribution in [0.25, 0.3) is 0 Å². The smallest absolute Gasteiger partial charge is 0.317 e. The lowest BCUT2D eigenvalue weighted by atomic mass is 9.96.